The zero-order valence-corrected chi connectivity index (χ0v) is 11.3. The van der Waals surface area contributed by atoms with Crippen molar-refractivity contribution in [1.29, 1.82) is 0 Å². The molecule has 0 saturated heterocycles. The third-order valence-electron chi connectivity index (χ3n) is 3.32. The van der Waals surface area contributed by atoms with Crippen molar-refractivity contribution in [2.24, 2.45) is 0 Å². The maximum absolute atomic E-state index is 5.69. The Bertz CT molecular complexity index is 398. The molecule has 0 bridgehead atoms. The van der Waals surface area contributed by atoms with Crippen LogP contribution in [0.2, 0.25) is 0 Å². The van der Waals surface area contributed by atoms with Crippen LogP contribution in [0.5, 0.6) is 5.75 Å². The van der Waals surface area contributed by atoms with Gasteiger partial charge in [0.05, 0.1) is 6.61 Å². The van der Waals surface area contributed by atoms with Crippen molar-refractivity contribution in [3.63, 3.8) is 0 Å². The molecule has 2 nitrogen and oxygen atoms in total. The predicted octanol–water partition coefficient (Wildman–Crippen LogP) is 4.17. The van der Waals surface area contributed by atoms with E-state index < -0.39 is 0 Å². The van der Waals surface area contributed by atoms with E-state index in [9.17, 15) is 0 Å². The van der Waals surface area contributed by atoms with Crippen molar-refractivity contribution in [2.75, 3.05) is 11.9 Å². The number of ether oxygens (including phenoxy) is 1. The Morgan fingerprint density at radius 1 is 1.41 bits per heavy atom. The Kier molecular flexibility index (Phi) is 3.32. The minimum atomic E-state index is 0.193. The first-order valence-electron chi connectivity index (χ1n) is 6.57. The summed E-state index contributed by atoms with van der Waals surface area (Å²) in [5, 5.41) is 3.59. The van der Waals surface area contributed by atoms with Crippen molar-refractivity contribution in [3.05, 3.63) is 23.8 Å². The fourth-order valence-corrected chi connectivity index (χ4v) is 2.66. The van der Waals surface area contributed by atoms with Crippen LogP contribution < -0.4 is 10.1 Å². The third kappa shape index (κ3) is 2.74. The van der Waals surface area contributed by atoms with Crippen molar-refractivity contribution in [1.82, 2.24) is 0 Å². The second-order valence-corrected chi connectivity index (χ2v) is 5.71. The van der Waals surface area contributed by atoms with Crippen LogP contribution in [0.25, 0.3) is 0 Å². The topological polar surface area (TPSA) is 21.3 Å². The van der Waals surface area contributed by atoms with Crippen LogP contribution in [0, 0.1) is 0 Å². The number of anilines is 1. The highest BCUT2D eigenvalue weighted by Gasteiger charge is 2.29. The molecule has 1 atom stereocenters. The van der Waals surface area contributed by atoms with E-state index in [1.54, 1.807) is 0 Å². The molecule has 1 unspecified atom stereocenters. The van der Waals surface area contributed by atoms with Crippen LogP contribution >= 0.6 is 0 Å². The largest absolute Gasteiger partial charge is 0.494 e. The summed E-state index contributed by atoms with van der Waals surface area (Å²) >= 11 is 0. The molecule has 1 aromatic rings. The van der Waals surface area contributed by atoms with E-state index in [1.165, 1.54) is 11.3 Å². The van der Waals surface area contributed by atoms with Crippen molar-refractivity contribution in [2.45, 2.75) is 52.0 Å². The van der Waals surface area contributed by atoms with Gasteiger partial charge in [-0.1, -0.05) is 13.8 Å². The average molecular weight is 233 g/mol. The van der Waals surface area contributed by atoms with E-state index in [2.05, 4.69) is 51.2 Å². The second kappa shape index (κ2) is 4.59. The normalized spacial score (nSPS) is 21.5. The summed E-state index contributed by atoms with van der Waals surface area (Å²) in [6.45, 7) is 9.74. The first kappa shape index (κ1) is 12.3. The summed E-state index contributed by atoms with van der Waals surface area (Å²) < 4.78 is 5.69. The predicted molar refractivity (Wildman–Crippen MR) is 73.0 cm³/mol. The van der Waals surface area contributed by atoms with Gasteiger partial charge in [-0.3, -0.25) is 0 Å². The molecule has 2 heteroatoms. The third-order valence-corrected chi connectivity index (χ3v) is 3.32. The first-order chi connectivity index (χ1) is 8.02. The minimum Gasteiger partial charge on any atom is -0.494 e. The van der Waals surface area contributed by atoms with Crippen molar-refractivity contribution in [3.8, 4) is 5.75 Å². The molecular formula is C15H23NO. The lowest BCUT2D eigenvalue weighted by Crippen LogP contribution is -2.36. The molecular weight excluding hydrogens is 210 g/mol. The molecule has 17 heavy (non-hydrogen) atoms. The lowest BCUT2D eigenvalue weighted by molar-refractivity contribution is 0.316. The Balaban J connectivity index is 2.24. The SMILES string of the molecule is CCCOc1ccc2c(c1)C(C)CC(C)(C)N2. The molecule has 2 rings (SSSR count). The maximum Gasteiger partial charge on any atom is 0.119 e. The maximum atomic E-state index is 5.69. The van der Waals surface area contributed by atoms with E-state index >= 15 is 0 Å². The number of fused-ring (bicyclic) bond motifs is 1. The smallest absolute Gasteiger partial charge is 0.119 e. The van der Waals surface area contributed by atoms with Gasteiger partial charge in [0.1, 0.15) is 5.75 Å². The van der Waals surface area contributed by atoms with Gasteiger partial charge in [-0.2, -0.15) is 0 Å². The zero-order chi connectivity index (χ0) is 12.5. The standard InChI is InChI=1S/C15H23NO/c1-5-8-17-12-6-7-14-13(9-12)11(2)10-15(3,4)16-14/h6-7,9,11,16H,5,8,10H2,1-4H3. The fraction of sp³-hybridized carbons (Fsp3) is 0.600. The first-order valence-corrected chi connectivity index (χ1v) is 6.57. The van der Waals surface area contributed by atoms with E-state index in [4.69, 9.17) is 4.74 Å². The van der Waals surface area contributed by atoms with E-state index in [0.29, 0.717) is 5.92 Å². The Morgan fingerprint density at radius 2 is 2.18 bits per heavy atom. The number of rotatable bonds is 3. The fourth-order valence-electron chi connectivity index (χ4n) is 2.66. The van der Waals surface area contributed by atoms with E-state index in [0.717, 1.165) is 25.2 Å². The highest BCUT2D eigenvalue weighted by Crippen LogP contribution is 2.40. The van der Waals surface area contributed by atoms with Gasteiger partial charge in [0.25, 0.3) is 0 Å². The van der Waals surface area contributed by atoms with Gasteiger partial charge < -0.3 is 10.1 Å². The molecule has 1 aliphatic heterocycles. The number of nitrogens with one attached hydrogen (secondary N) is 1. The highest BCUT2D eigenvalue weighted by molar-refractivity contribution is 5.59. The molecule has 1 aliphatic rings. The molecule has 94 valence electrons. The molecule has 1 heterocycles. The summed E-state index contributed by atoms with van der Waals surface area (Å²) in [4.78, 5) is 0. The summed E-state index contributed by atoms with van der Waals surface area (Å²) in [7, 11) is 0. The van der Waals surface area contributed by atoms with Crippen LogP contribution in [0.3, 0.4) is 0 Å². The van der Waals surface area contributed by atoms with Crippen LogP contribution in [-0.2, 0) is 0 Å². The average Bonchev–Trinajstić information content (AvgIpc) is 2.25. The van der Waals surface area contributed by atoms with Crippen LogP contribution in [0.15, 0.2) is 18.2 Å². The number of benzene rings is 1. The monoisotopic (exact) mass is 233 g/mol. The van der Waals surface area contributed by atoms with Gasteiger partial charge in [0, 0.05) is 11.2 Å². The summed E-state index contributed by atoms with van der Waals surface area (Å²) in [6.07, 6.45) is 2.22. The van der Waals surface area contributed by atoms with Gasteiger partial charge in [0.2, 0.25) is 0 Å². The van der Waals surface area contributed by atoms with Gasteiger partial charge >= 0.3 is 0 Å². The number of hydrogen-bond acceptors (Lipinski definition) is 2. The molecule has 0 aliphatic carbocycles. The zero-order valence-electron chi connectivity index (χ0n) is 11.3. The Hall–Kier alpha value is -1.18. The molecule has 0 radical (unpaired) electrons. The molecule has 0 fully saturated rings. The van der Waals surface area contributed by atoms with Crippen molar-refractivity contribution >= 4 is 5.69 Å². The molecule has 0 saturated carbocycles. The molecule has 0 amide bonds. The number of hydrogen-bond donors (Lipinski definition) is 1. The van der Waals surface area contributed by atoms with Crippen LogP contribution in [-0.4, -0.2) is 12.1 Å². The van der Waals surface area contributed by atoms with E-state index in [1.807, 2.05) is 0 Å². The van der Waals surface area contributed by atoms with E-state index in [-0.39, 0.29) is 5.54 Å². The molecule has 1 aromatic carbocycles. The Morgan fingerprint density at radius 3 is 2.88 bits per heavy atom. The molecule has 0 aromatic heterocycles. The van der Waals surface area contributed by atoms with Crippen molar-refractivity contribution < 1.29 is 4.74 Å². The highest BCUT2D eigenvalue weighted by atomic mass is 16.5. The van der Waals surface area contributed by atoms with Crippen LogP contribution in [0.4, 0.5) is 5.69 Å². The lowest BCUT2D eigenvalue weighted by atomic mass is 9.82. The summed E-state index contributed by atoms with van der Waals surface area (Å²) in [6, 6.07) is 6.41. The van der Waals surface area contributed by atoms with Gasteiger partial charge in [0.15, 0.2) is 0 Å². The van der Waals surface area contributed by atoms with Gasteiger partial charge in [-0.25, -0.2) is 0 Å². The van der Waals surface area contributed by atoms with Gasteiger partial charge in [-0.15, -0.1) is 0 Å². The summed E-state index contributed by atoms with van der Waals surface area (Å²) in [5.74, 6) is 1.59. The summed E-state index contributed by atoms with van der Waals surface area (Å²) in [5.41, 5.74) is 2.84. The molecule has 0 spiro atoms. The quantitative estimate of drug-likeness (QED) is 0.846. The Labute approximate surface area is 104 Å². The van der Waals surface area contributed by atoms with Crippen LogP contribution in [0.1, 0.15) is 52.0 Å². The van der Waals surface area contributed by atoms with Gasteiger partial charge in [-0.05, 0) is 56.4 Å². The second-order valence-electron chi connectivity index (χ2n) is 5.71. The minimum absolute atomic E-state index is 0.193. The molecule has 1 N–H and O–H groups in total. The lowest BCUT2D eigenvalue weighted by Gasteiger charge is -2.37.